The van der Waals surface area contributed by atoms with Crippen LogP contribution in [0.5, 0.6) is 0 Å². The lowest BCUT2D eigenvalue weighted by Crippen LogP contribution is -1.91. The van der Waals surface area contributed by atoms with Gasteiger partial charge in [-0.3, -0.25) is 9.51 Å². The minimum absolute atomic E-state index is 0.182. The van der Waals surface area contributed by atoms with E-state index in [1.165, 1.54) is 6.20 Å². The van der Waals surface area contributed by atoms with Gasteiger partial charge in [0.25, 0.3) is 0 Å². The first kappa shape index (κ1) is 9.35. The molecule has 1 aromatic rings. The van der Waals surface area contributed by atoms with E-state index in [1.54, 1.807) is 12.1 Å². The summed E-state index contributed by atoms with van der Waals surface area (Å²) in [7, 11) is -4.38. The molecule has 0 aliphatic rings. The quantitative estimate of drug-likeness (QED) is 0.675. The molecular formula is C6H7NO4P. The van der Waals surface area contributed by atoms with Crippen LogP contribution in [-0.4, -0.2) is 14.8 Å². The van der Waals surface area contributed by atoms with Crippen LogP contribution in [0, 0.1) is 6.20 Å². The van der Waals surface area contributed by atoms with Gasteiger partial charge in [0.05, 0.1) is 12.8 Å². The van der Waals surface area contributed by atoms with E-state index in [9.17, 15) is 4.57 Å². The van der Waals surface area contributed by atoms with Crippen molar-refractivity contribution in [2.24, 2.45) is 0 Å². The van der Waals surface area contributed by atoms with Crippen LogP contribution in [0.1, 0.15) is 5.56 Å². The van der Waals surface area contributed by atoms with Crippen LogP contribution >= 0.6 is 7.82 Å². The largest absolute Gasteiger partial charge is 0.469 e. The van der Waals surface area contributed by atoms with Crippen molar-refractivity contribution in [3.05, 3.63) is 30.1 Å². The molecule has 2 N–H and O–H groups in total. The van der Waals surface area contributed by atoms with Gasteiger partial charge in [-0.1, -0.05) is 6.07 Å². The summed E-state index contributed by atoms with van der Waals surface area (Å²) in [5, 5.41) is 0. The lowest BCUT2D eigenvalue weighted by atomic mass is 10.3. The highest BCUT2D eigenvalue weighted by Gasteiger charge is 2.13. The summed E-state index contributed by atoms with van der Waals surface area (Å²) in [6.45, 7) is -0.182. The summed E-state index contributed by atoms with van der Waals surface area (Å²) < 4.78 is 14.5. The third-order valence-corrected chi connectivity index (χ3v) is 1.52. The molecule has 5 nitrogen and oxygen atoms in total. The van der Waals surface area contributed by atoms with Crippen molar-refractivity contribution in [2.45, 2.75) is 6.61 Å². The van der Waals surface area contributed by atoms with E-state index in [1.807, 2.05) is 0 Å². The Balaban J connectivity index is 2.50. The van der Waals surface area contributed by atoms with Crippen LogP contribution in [-0.2, 0) is 15.7 Å². The zero-order chi connectivity index (χ0) is 9.03. The molecule has 0 bridgehead atoms. The summed E-state index contributed by atoms with van der Waals surface area (Å²) in [6, 6.07) is 3.25. The Labute approximate surface area is 69.3 Å². The van der Waals surface area contributed by atoms with Crippen molar-refractivity contribution in [3.63, 3.8) is 0 Å². The van der Waals surface area contributed by atoms with Crippen molar-refractivity contribution in [2.75, 3.05) is 0 Å². The number of pyridine rings is 1. The first-order valence-corrected chi connectivity index (χ1v) is 4.62. The highest BCUT2D eigenvalue weighted by molar-refractivity contribution is 7.46. The second-order valence-corrected chi connectivity index (χ2v) is 3.28. The standard InChI is InChI=1S/C6H7NO4P/c8-12(9,10)11-5-6-2-1-3-7-4-6/h1-3H,5H2,(H2,8,9,10). The van der Waals surface area contributed by atoms with Gasteiger partial charge in [0, 0.05) is 11.8 Å². The molecule has 6 heteroatoms. The van der Waals surface area contributed by atoms with Crippen molar-refractivity contribution in [3.8, 4) is 0 Å². The first-order chi connectivity index (χ1) is 5.58. The van der Waals surface area contributed by atoms with Crippen LogP contribution < -0.4 is 0 Å². The molecule has 65 valence electrons. The summed E-state index contributed by atoms with van der Waals surface area (Å²) in [5.41, 5.74) is 0.501. The molecule has 0 saturated heterocycles. The van der Waals surface area contributed by atoms with Gasteiger partial charge >= 0.3 is 7.82 Å². The Morgan fingerprint density at radius 1 is 1.67 bits per heavy atom. The number of phosphoric ester groups is 1. The topological polar surface area (TPSA) is 79.7 Å². The molecule has 0 unspecified atom stereocenters. The number of hydrogen-bond donors (Lipinski definition) is 2. The predicted octanol–water partition coefficient (Wildman–Crippen LogP) is 0.491. The highest BCUT2D eigenvalue weighted by Crippen LogP contribution is 2.36. The first-order valence-electron chi connectivity index (χ1n) is 3.09. The lowest BCUT2D eigenvalue weighted by Gasteiger charge is -2.03. The molecule has 12 heavy (non-hydrogen) atoms. The molecule has 0 spiro atoms. The van der Waals surface area contributed by atoms with Crippen molar-refractivity contribution in [1.29, 1.82) is 0 Å². The van der Waals surface area contributed by atoms with Crippen molar-refractivity contribution in [1.82, 2.24) is 4.98 Å². The minimum atomic E-state index is -4.38. The zero-order valence-corrected chi connectivity index (χ0v) is 6.94. The molecule has 0 aliphatic heterocycles. The van der Waals surface area contributed by atoms with Crippen molar-refractivity contribution < 1.29 is 18.9 Å². The smallest absolute Gasteiger partial charge is 0.303 e. The lowest BCUT2D eigenvalue weighted by molar-refractivity contribution is 0.189. The Morgan fingerprint density at radius 3 is 2.92 bits per heavy atom. The maximum atomic E-state index is 10.2. The van der Waals surface area contributed by atoms with Crippen LogP contribution in [0.3, 0.4) is 0 Å². The maximum Gasteiger partial charge on any atom is 0.469 e. The fourth-order valence-electron chi connectivity index (χ4n) is 0.594. The normalized spacial score (nSPS) is 11.5. The molecule has 1 rings (SSSR count). The van der Waals surface area contributed by atoms with E-state index < -0.39 is 7.82 Å². The van der Waals surface area contributed by atoms with Gasteiger partial charge in [-0.25, -0.2) is 4.57 Å². The van der Waals surface area contributed by atoms with Gasteiger partial charge in [0.1, 0.15) is 0 Å². The predicted molar refractivity (Wildman–Crippen MR) is 39.9 cm³/mol. The fourth-order valence-corrected chi connectivity index (χ4v) is 0.901. The monoisotopic (exact) mass is 188 g/mol. The minimum Gasteiger partial charge on any atom is -0.303 e. The molecule has 1 heterocycles. The van der Waals surface area contributed by atoms with E-state index in [0.29, 0.717) is 5.56 Å². The van der Waals surface area contributed by atoms with E-state index in [-0.39, 0.29) is 6.61 Å². The average molecular weight is 188 g/mol. The molecule has 0 atom stereocenters. The second-order valence-electron chi connectivity index (χ2n) is 2.04. The van der Waals surface area contributed by atoms with E-state index >= 15 is 0 Å². The van der Waals surface area contributed by atoms with Gasteiger partial charge in [-0.05, 0) is 6.07 Å². The number of nitrogens with zero attached hydrogens (tertiary/aromatic N) is 1. The molecule has 0 aromatic carbocycles. The molecule has 1 aromatic heterocycles. The molecule has 1 radical (unpaired) electrons. The summed E-state index contributed by atoms with van der Waals surface area (Å²) >= 11 is 0. The molecule has 0 amide bonds. The SMILES string of the molecule is O=P(O)(O)OCc1[c]nccc1. The fraction of sp³-hybridized carbons (Fsp3) is 0.167. The third kappa shape index (κ3) is 3.59. The van der Waals surface area contributed by atoms with E-state index in [4.69, 9.17) is 9.79 Å². The average Bonchev–Trinajstić information content (AvgIpc) is 2.02. The Bertz CT molecular complexity index is 283. The Hall–Kier alpha value is -0.740. The van der Waals surface area contributed by atoms with Crippen LogP contribution in [0.25, 0.3) is 0 Å². The van der Waals surface area contributed by atoms with Gasteiger partial charge in [-0.2, -0.15) is 0 Å². The molecular weight excluding hydrogens is 181 g/mol. The second kappa shape index (κ2) is 3.78. The van der Waals surface area contributed by atoms with E-state index in [0.717, 1.165) is 0 Å². The molecule has 0 saturated carbocycles. The number of phosphoric acid groups is 1. The maximum absolute atomic E-state index is 10.2. The summed E-state index contributed by atoms with van der Waals surface area (Å²) in [4.78, 5) is 20.3. The van der Waals surface area contributed by atoms with Gasteiger partial charge in [0.15, 0.2) is 0 Å². The number of rotatable bonds is 3. The Kier molecular flexibility index (Phi) is 2.94. The van der Waals surface area contributed by atoms with Gasteiger partial charge in [-0.15, -0.1) is 0 Å². The van der Waals surface area contributed by atoms with Gasteiger partial charge < -0.3 is 9.79 Å². The third-order valence-electron chi connectivity index (χ3n) is 1.05. The summed E-state index contributed by atoms with van der Waals surface area (Å²) in [6.07, 6.45) is 4.04. The number of aromatic nitrogens is 1. The van der Waals surface area contributed by atoms with Crippen LogP contribution in [0.4, 0.5) is 0 Å². The van der Waals surface area contributed by atoms with Crippen LogP contribution in [0.2, 0.25) is 0 Å². The Morgan fingerprint density at radius 2 is 2.42 bits per heavy atom. The van der Waals surface area contributed by atoms with Crippen LogP contribution in [0.15, 0.2) is 18.3 Å². The van der Waals surface area contributed by atoms with Crippen molar-refractivity contribution >= 4 is 7.82 Å². The number of hydrogen-bond acceptors (Lipinski definition) is 3. The molecule has 0 fully saturated rings. The van der Waals surface area contributed by atoms with Gasteiger partial charge in [0.2, 0.25) is 0 Å². The summed E-state index contributed by atoms with van der Waals surface area (Å²) in [5.74, 6) is 0. The highest BCUT2D eigenvalue weighted by atomic mass is 31.2. The zero-order valence-electron chi connectivity index (χ0n) is 6.04. The van der Waals surface area contributed by atoms with E-state index in [2.05, 4.69) is 15.7 Å². The molecule has 0 aliphatic carbocycles.